The lowest BCUT2D eigenvalue weighted by Gasteiger charge is -2.29. The summed E-state index contributed by atoms with van der Waals surface area (Å²) < 4.78 is 4.54. The second kappa shape index (κ2) is 7.38. The van der Waals surface area contributed by atoms with Crippen LogP contribution in [0.4, 0.5) is 0 Å². The molecule has 0 rings (SSSR count). The molecule has 5 heteroatoms. The molecule has 16 heavy (non-hydrogen) atoms. The molecule has 0 unspecified atom stereocenters. The van der Waals surface area contributed by atoms with E-state index in [1.54, 1.807) is 13.0 Å². The van der Waals surface area contributed by atoms with Crippen LogP contribution in [-0.2, 0) is 9.53 Å². The zero-order valence-corrected chi connectivity index (χ0v) is 10.1. The van der Waals surface area contributed by atoms with Crippen LogP contribution >= 0.6 is 0 Å². The molecule has 5 nitrogen and oxygen atoms in total. The highest BCUT2D eigenvalue weighted by atomic mass is 16.5. The lowest BCUT2D eigenvalue weighted by atomic mass is 9.98. The molecule has 3 N–H and O–H groups in total. The molecule has 0 bridgehead atoms. The van der Waals surface area contributed by atoms with Crippen LogP contribution in [0.15, 0.2) is 11.6 Å². The van der Waals surface area contributed by atoms with Crippen molar-refractivity contribution in [3.8, 4) is 0 Å². The van der Waals surface area contributed by atoms with Gasteiger partial charge in [-0.2, -0.15) is 0 Å². The zero-order valence-electron chi connectivity index (χ0n) is 10.1. The van der Waals surface area contributed by atoms with Gasteiger partial charge in [0.2, 0.25) is 0 Å². The Morgan fingerprint density at radius 3 is 2.38 bits per heavy atom. The van der Waals surface area contributed by atoms with Crippen LogP contribution in [-0.4, -0.2) is 48.6 Å². The van der Waals surface area contributed by atoms with E-state index < -0.39 is 5.54 Å². The van der Waals surface area contributed by atoms with Crippen LogP contribution < -0.4 is 5.32 Å². The first-order valence-electron chi connectivity index (χ1n) is 5.27. The Morgan fingerprint density at radius 2 is 2.00 bits per heavy atom. The van der Waals surface area contributed by atoms with Gasteiger partial charge in [-0.3, -0.25) is 0 Å². The van der Waals surface area contributed by atoms with Gasteiger partial charge >= 0.3 is 5.97 Å². The number of aliphatic hydroxyl groups is 2. The van der Waals surface area contributed by atoms with Gasteiger partial charge in [0.05, 0.1) is 25.9 Å². The van der Waals surface area contributed by atoms with E-state index in [0.29, 0.717) is 18.5 Å². The molecule has 94 valence electrons. The third-order valence-corrected chi connectivity index (χ3v) is 2.67. The molecule has 0 saturated heterocycles. The van der Waals surface area contributed by atoms with Crippen LogP contribution in [0, 0.1) is 0 Å². The minimum Gasteiger partial charge on any atom is -0.466 e. The smallest absolute Gasteiger partial charge is 0.333 e. The van der Waals surface area contributed by atoms with Crippen molar-refractivity contribution in [3.63, 3.8) is 0 Å². The van der Waals surface area contributed by atoms with E-state index in [1.165, 1.54) is 7.11 Å². The minimum atomic E-state index is -0.688. The summed E-state index contributed by atoms with van der Waals surface area (Å²) >= 11 is 0. The summed E-state index contributed by atoms with van der Waals surface area (Å²) in [5.41, 5.74) is -0.191. The van der Waals surface area contributed by atoms with Gasteiger partial charge in [0.25, 0.3) is 0 Å². The van der Waals surface area contributed by atoms with Gasteiger partial charge in [-0.15, -0.1) is 0 Å². The van der Waals surface area contributed by atoms with Crippen LogP contribution in [0.3, 0.4) is 0 Å². The van der Waals surface area contributed by atoms with Gasteiger partial charge in [-0.1, -0.05) is 13.0 Å². The number of ether oxygens (including phenoxy) is 1. The van der Waals surface area contributed by atoms with Crippen molar-refractivity contribution in [2.45, 2.75) is 25.8 Å². The monoisotopic (exact) mass is 231 g/mol. The molecule has 0 aromatic heterocycles. The fraction of sp³-hybridized carbons (Fsp3) is 0.727. The Hall–Kier alpha value is -0.910. The van der Waals surface area contributed by atoms with Gasteiger partial charge < -0.3 is 20.3 Å². The number of carbonyl (C=O) groups is 1. The second-order valence-electron chi connectivity index (χ2n) is 3.71. The molecular formula is C11H21NO4. The second-order valence-corrected chi connectivity index (χ2v) is 3.71. The summed E-state index contributed by atoms with van der Waals surface area (Å²) in [5, 5.41) is 21.3. The lowest BCUT2D eigenvalue weighted by molar-refractivity contribution is -0.136. The van der Waals surface area contributed by atoms with Crippen LogP contribution in [0.25, 0.3) is 0 Å². The van der Waals surface area contributed by atoms with E-state index in [-0.39, 0.29) is 19.2 Å². The van der Waals surface area contributed by atoms with Crippen LogP contribution in [0.5, 0.6) is 0 Å². The first-order chi connectivity index (χ1) is 7.55. The average molecular weight is 231 g/mol. The van der Waals surface area contributed by atoms with E-state index in [1.807, 2.05) is 6.92 Å². The van der Waals surface area contributed by atoms with Crippen molar-refractivity contribution in [1.82, 2.24) is 5.32 Å². The summed E-state index contributed by atoms with van der Waals surface area (Å²) in [5.74, 6) is -0.378. The topological polar surface area (TPSA) is 78.8 Å². The molecule has 0 aromatic carbocycles. The zero-order chi connectivity index (χ0) is 12.6. The van der Waals surface area contributed by atoms with Gasteiger partial charge in [0, 0.05) is 12.1 Å². The molecule has 0 aliphatic rings. The molecule has 0 aromatic rings. The molecule has 0 aliphatic carbocycles. The summed E-state index contributed by atoms with van der Waals surface area (Å²) in [6.07, 6.45) is 2.27. The number of hydrogen-bond acceptors (Lipinski definition) is 5. The van der Waals surface area contributed by atoms with Crippen molar-refractivity contribution in [2.75, 3.05) is 26.9 Å². The molecule has 0 saturated carbocycles. The number of esters is 1. The summed E-state index contributed by atoms with van der Waals surface area (Å²) in [6, 6.07) is 0. The van der Waals surface area contributed by atoms with E-state index in [9.17, 15) is 4.79 Å². The van der Waals surface area contributed by atoms with E-state index in [2.05, 4.69) is 10.1 Å². The van der Waals surface area contributed by atoms with Crippen molar-refractivity contribution in [1.29, 1.82) is 0 Å². The standard InChI is InChI=1S/C11H21NO4/c1-4-11(7-13,8-14)12-6-5-9(2)10(15)16-3/h5,12-14H,4,6-8H2,1-3H3/b9-5-. The van der Waals surface area contributed by atoms with Gasteiger partial charge in [0.15, 0.2) is 0 Å². The van der Waals surface area contributed by atoms with Crippen molar-refractivity contribution >= 4 is 5.97 Å². The molecule has 0 aliphatic heterocycles. The number of carbonyl (C=O) groups excluding carboxylic acids is 1. The fourth-order valence-corrected chi connectivity index (χ4v) is 1.18. The maximum absolute atomic E-state index is 11.1. The minimum absolute atomic E-state index is 0.148. The van der Waals surface area contributed by atoms with E-state index in [0.717, 1.165) is 0 Å². The largest absolute Gasteiger partial charge is 0.466 e. The quantitative estimate of drug-likeness (QED) is 0.419. The number of methoxy groups -OCH3 is 1. The number of rotatable bonds is 7. The molecule has 0 spiro atoms. The van der Waals surface area contributed by atoms with Gasteiger partial charge in [-0.25, -0.2) is 4.79 Å². The van der Waals surface area contributed by atoms with Crippen LogP contribution in [0.1, 0.15) is 20.3 Å². The summed E-state index contributed by atoms with van der Waals surface area (Å²) in [7, 11) is 1.32. The molecule has 0 fully saturated rings. The third kappa shape index (κ3) is 4.30. The van der Waals surface area contributed by atoms with Crippen molar-refractivity contribution in [3.05, 3.63) is 11.6 Å². The SMILES string of the molecule is CCC(CO)(CO)NC/C=C(/C)C(=O)OC. The van der Waals surface area contributed by atoms with Crippen molar-refractivity contribution < 1.29 is 19.7 Å². The first kappa shape index (κ1) is 15.1. The summed E-state index contributed by atoms with van der Waals surface area (Å²) in [6.45, 7) is 3.63. The van der Waals surface area contributed by atoms with Gasteiger partial charge in [0.1, 0.15) is 0 Å². The highest BCUT2D eigenvalue weighted by molar-refractivity contribution is 5.87. The number of aliphatic hydroxyl groups excluding tert-OH is 2. The Labute approximate surface area is 96.1 Å². The molecule has 0 radical (unpaired) electrons. The predicted octanol–water partition coefficient (Wildman–Crippen LogP) is -0.171. The normalized spacial score (nSPS) is 12.7. The molecule has 0 amide bonds. The summed E-state index contributed by atoms with van der Waals surface area (Å²) in [4.78, 5) is 11.1. The fourth-order valence-electron chi connectivity index (χ4n) is 1.18. The van der Waals surface area contributed by atoms with Gasteiger partial charge in [-0.05, 0) is 13.3 Å². The maximum Gasteiger partial charge on any atom is 0.333 e. The molecule has 0 heterocycles. The van der Waals surface area contributed by atoms with E-state index >= 15 is 0 Å². The Morgan fingerprint density at radius 1 is 1.44 bits per heavy atom. The average Bonchev–Trinajstić information content (AvgIpc) is 2.34. The molecular weight excluding hydrogens is 210 g/mol. The Bertz CT molecular complexity index is 238. The Kier molecular flexibility index (Phi) is 6.96. The first-order valence-corrected chi connectivity index (χ1v) is 5.27. The lowest BCUT2D eigenvalue weighted by Crippen LogP contribution is -2.51. The van der Waals surface area contributed by atoms with Crippen molar-refractivity contribution in [2.24, 2.45) is 0 Å². The molecule has 0 atom stereocenters. The maximum atomic E-state index is 11.1. The highest BCUT2D eigenvalue weighted by Gasteiger charge is 2.24. The van der Waals surface area contributed by atoms with Crippen LogP contribution in [0.2, 0.25) is 0 Å². The number of hydrogen-bond donors (Lipinski definition) is 3. The third-order valence-electron chi connectivity index (χ3n) is 2.67. The number of nitrogens with one attached hydrogen (secondary N) is 1. The Balaban J connectivity index is 4.28. The van der Waals surface area contributed by atoms with E-state index in [4.69, 9.17) is 10.2 Å². The highest BCUT2D eigenvalue weighted by Crippen LogP contribution is 2.08. The predicted molar refractivity (Wildman–Crippen MR) is 61.0 cm³/mol.